The van der Waals surface area contributed by atoms with Gasteiger partial charge in [-0.25, -0.2) is 4.98 Å². The SMILES string of the molecule is CCOC(=O)[C@@H]1[C@@H](c2ccccc2)S[C@H](c2nc3ccccc3[nH]2)[C@]1(C)O. The zero-order valence-electron chi connectivity index (χ0n) is 15.3. The molecule has 1 aliphatic heterocycles. The number of para-hydroxylation sites is 2. The monoisotopic (exact) mass is 382 g/mol. The van der Waals surface area contributed by atoms with Crippen molar-refractivity contribution >= 4 is 28.8 Å². The largest absolute Gasteiger partial charge is 0.466 e. The molecule has 0 spiro atoms. The minimum atomic E-state index is -1.30. The second-order valence-corrected chi connectivity index (χ2v) is 8.19. The molecule has 1 aliphatic rings. The molecule has 4 rings (SSSR count). The minimum Gasteiger partial charge on any atom is -0.466 e. The number of fused-ring (bicyclic) bond motifs is 1. The van der Waals surface area contributed by atoms with Gasteiger partial charge in [0.15, 0.2) is 0 Å². The van der Waals surface area contributed by atoms with Crippen molar-refractivity contribution in [3.8, 4) is 0 Å². The third-order valence-electron chi connectivity index (χ3n) is 5.07. The second kappa shape index (κ2) is 7.02. The first kappa shape index (κ1) is 18.1. The van der Waals surface area contributed by atoms with E-state index in [1.54, 1.807) is 25.6 Å². The number of imidazole rings is 1. The topological polar surface area (TPSA) is 75.2 Å². The lowest BCUT2D eigenvalue weighted by atomic mass is 9.81. The first-order chi connectivity index (χ1) is 13.0. The molecule has 0 aliphatic carbocycles. The fraction of sp³-hybridized carbons (Fsp3) is 0.333. The third-order valence-corrected chi connectivity index (χ3v) is 6.88. The van der Waals surface area contributed by atoms with Crippen molar-refractivity contribution in [2.45, 2.75) is 29.9 Å². The van der Waals surface area contributed by atoms with Crippen molar-refractivity contribution in [1.29, 1.82) is 0 Å². The lowest BCUT2D eigenvalue weighted by Gasteiger charge is -2.29. The molecule has 1 aromatic heterocycles. The van der Waals surface area contributed by atoms with Gasteiger partial charge in [-0.2, -0.15) is 0 Å². The summed E-state index contributed by atoms with van der Waals surface area (Å²) in [5.74, 6) is -0.371. The average molecular weight is 382 g/mol. The lowest BCUT2D eigenvalue weighted by molar-refractivity contribution is -0.156. The number of nitrogens with one attached hydrogen (secondary N) is 1. The molecule has 2 heterocycles. The molecule has 0 saturated carbocycles. The van der Waals surface area contributed by atoms with Gasteiger partial charge in [-0.1, -0.05) is 42.5 Å². The van der Waals surface area contributed by atoms with Crippen LogP contribution in [0.5, 0.6) is 0 Å². The maximum atomic E-state index is 12.8. The van der Waals surface area contributed by atoms with E-state index >= 15 is 0 Å². The summed E-state index contributed by atoms with van der Waals surface area (Å²) in [6, 6.07) is 17.6. The number of hydrogen-bond donors (Lipinski definition) is 2. The summed E-state index contributed by atoms with van der Waals surface area (Å²) in [7, 11) is 0. The zero-order chi connectivity index (χ0) is 19.0. The molecule has 2 aromatic carbocycles. The number of carbonyl (C=O) groups is 1. The van der Waals surface area contributed by atoms with Crippen molar-refractivity contribution in [2.75, 3.05) is 6.61 Å². The molecule has 1 saturated heterocycles. The van der Waals surface area contributed by atoms with Gasteiger partial charge in [0, 0.05) is 5.25 Å². The Morgan fingerprint density at radius 1 is 1.22 bits per heavy atom. The number of ether oxygens (including phenoxy) is 1. The fourth-order valence-electron chi connectivity index (χ4n) is 3.78. The van der Waals surface area contributed by atoms with Crippen molar-refractivity contribution < 1.29 is 14.6 Å². The highest BCUT2D eigenvalue weighted by Gasteiger charge is 2.58. The van der Waals surface area contributed by atoms with E-state index < -0.39 is 11.5 Å². The number of benzene rings is 2. The number of aromatic amines is 1. The Balaban J connectivity index is 1.77. The molecule has 2 N–H and O–H groups in total. The Hall–Kier alpha value is -2.31. The summed E-state index contributed by atoms with van der Waals surface area (Å²) in [6.45, 7) is 3.78. The van der Waals surface area contributed by atoms with Gasteiger partial charge in [0.25, 0.3) is 0 Å². The van der Waals surface area contributed by atoms with E-state index in [0.29, 0.717) is 5.82 Å². The molecular weight excluding hydrogens is 360 g/mol. The van der Waals surface area contributed by atoms with E-state index in [0.717, 1.165) is 16.6 Å². The van der Waals surface area contributed by atoms with Crippen LogP contribution >= 0.6 is 11.8 Å². The Labute approximate surface area is 162 Å². The molecule has 0 bridgehead atoms. The van der Waals surface area contributed by atoms with Crippen molar-refractivity contribution in [3.63, 3.8) is 0 Å². The molecule has 27 heavy (non-hydrogen) atoms. The van der Waals surface area contributed by atoms with E-state index in [1.807, 2.05) is 54.6 Å². The molecule has 0 unspecified atom stereocenters. The van der Waals surface area contributed by atoms with Gasteiger partial charge in [-0.15, -0.1) is 11.8 Å². The molecule has 140 valence electrons. The standard InChI is InChI=1S/C21H22N2O3S/c1-3-26-20(24)16-17(13-9-5-4-6-10-13)27-18(21(16,2)25)19-22-14-11-7-8-12-15(14)23-19/h4-12,16-18,25H,3H2,1-2H3,(H,22,23)/t16-,17+,18+,21+/m0/s1. The van der Waals surface area contributed by atoms with Crippen LogP contribution in [-0.4, -0.2) is 33.3 Å². The molecule has 6 heteroatoms. The number of rotatable bonds is 4. The predicted octanol–water partition coefficient (Wildman–Crippen LogP) is 4.02. The number of aliphatic hydroxyl groups is 1. The van der Waals surface area contributed by atoms with Crippen LogP contribution in [0, 0.1) is 5.92 Å². The zero-order valence-corrected chi connectivity index (χ0v) is 16.1. The molecule has 0 amide bonds. The van der Waals surface area contributed by atoms with Gasteiger partial charge in [0.2, 0.25) is 0 Å². The Morgan fingerprint density at radius 2 is 1.93 bits per heavy atom. The van der Waals surface area contributed by atoms with E-state index in [-0.39, 0.29) is 23.1 Å². The summed E-state index contributed by atoms with van der Waals surface area (Å²) in [6.07, 6.45) is 0. The highest BCUT2D eigenvalue weighted by molar-refractivity contribution is 8.00. The summed E-state index contributed by atoms with van der Waals surface area (Å²) in [5.41, 5.74) is 1.46. The molecule has 0 radical (unpaired) electrons. The number of aromatic nitrogens is 2. The van der Waals surface area contributed by atoms with Gasteiger partial charge in [-0.05, 0) is 31.5 Å². The maximum absolute atomic E-state index is 12.8. The predicted molar refractivity (Wildman–Crippen MR) is 106 cm³/mol. The normalized spacial score (nSPS) is 27.7. The van der Waals surface area contributed by atoms with Gasteiger partial charge >= 0.3 is 5.97 Å². The number of nitrogens with zero attached hydrogens (tertiary/aromatic N) is 1. The fourth-order valence-corrected chi connectivity index (χ4v) is 5.59. The number of carbonyl (C=O) groups excluding carboxylic acids is 1. The van der Waals surface area contributed by atoms with Gasteiger partial charge < -0.3 is 14.8 Å². The lowest BCUT2D eigenvalue weighted by Crippen LogP contribution is -2.41. The van der Waals surface area contributed by atoms with Crippen LogP contribution in [0.15, 0.2) is 54.6 Å². The molecule has 5 nitrogen and oxygen atoms in total. The van der Waals surface area contributed by atoms with Gasteiger partial charge in [0.1, 0.15) is 11.7 Å². The van der Waals surface area contributed by atoms with E-state index in [2.05, 4.69) is 9.97 Å². The number of esters is 1. The van der Waals surface area contributed by atoms with Crippen LogP contribution in [0.3, 0.4) is 0 Å². The second-order valence-electron chi connectivity index (χ2n) is 6.94. The Morgan fingerprint density at radius 3 is 2.63 bits per heavy atom. The molecule has 4 atom stereocenters. The third kappa shape index (κ3) is 3.13. The number of H-pyrrole nitrogens is 1. The number of hydrogen-bond acceptors (Lipinski definition) is 5. The average Bonchev–Trinajstić information content (AvgIpc) is 3.20. The smallest absolute Gasteiger partial charge is 0.313 e. The quantitative estimate of drug-likeness (QED) is 0.667. The van der Waals surface area contributed by atoms with E-state index in [9.17, 15) is 9.90 Å². The van der Waals surface area contributed by atoms with Crippen LogP contribution in [0.25, 0.3) is 11.0 Å². The molecule has 3 aromatic rings. The summed E-state index contributed by atoms with van der Waals surface area (Å²) < 4.78 is 5.31. The van der Waals surface area contributed by atoms with Crippen LogP contribution in [-0.2, 0) is 9.53 Å². The van der Waals surface area contributed by atoms with Crippen molar-refractivity contribution in [1.82, 2.24) is 9.97 Å². The summed E-state index contributed by atoms with van der Waals surface area (Å²) in [4.78, 5) is 20.7. The van der Waals surface area contributed by atoms with E-state index in [1.165, 1.54) is 0 Å². The van der Waals surface area contributed by atoms with Crippen LogP contribution in [0.1, 0.15) is 35.7 Å². The van der Waals surface area contributed by atoms with Crippen LogP contribution < -0.4 is 0 Å². The van der Waals surface area contributed by atoms with E-state index in [4.69, 9.17) is 4.74 Å². The Bertz CT molecular complexity index is 921. The van der Waals surface area contributed by atoms with Crippen LogP contribution in [0.2, 0.25) is 0 Å². The maximum Gasteiger partial charge on any atom is 0.313 e. The first-order valence-electron chi connectivity index (χ1n) is 9.06. The number of thioether (sulfide) groups is 1. The highest BCUT2D eigenvalue weighted by atomic mass is 32.2. The Kier molecular flexibility index (Phi) is 4.70. The van der Waals surface area contributed by atoms with Crippen molar-refractivity contribution in [3.05, 3.63) is 66.0 Å². The molecule has 1 fully saturated rings. The molecular formula is C21H22N2O3S. The van der Waals surface area contributed by atoms with Gasteiger partial charge in [0.05, 0.1) is 28.5 Å². The van der Waals surface area contributed by atoms with Crippen molar-refractivity contribution in [2.24, 2.45) is 5.92 Å². The van der Waals surface area contributed by atoms with Gasteiger partial charge in [-0.3, -0.25) is 4.79 Å². The minimum absolute atomic E-state index is 0.210. The van der Waals surface area contributed by atoms with Crippen LogP contribution in [0.4, 0.5) is 0 Å². The summed E-state index contributed by atoms with van der Waals surface area (Å²) >= 11 is 1.56. The summed E-state index contributed by atoms with van der Waals surface area (Å²) in [5, 5.41) is 10.9. The first-order valence-corrected chi connectivity index (χ1v) is 10.0. The highest BCUT2D eigenvalue weighted by Crippen LogP contribution is 2.61.